The summed E-state index contributed by atoms with van der Waals surface area (Å²) in [6.07, 6.45) is 1.17. The zero-order valence-corrected chi connectivity index (χ0v) is 14.7. The molecule has 2 atom stereocenters. The molecule has 2 unspecified atom stereocenters. The number of hydrogen-bond donors (Lipinski definition) is 2. The fourth-order valence-corrected chi connectivity index (χ4v) is 3.32. The van der Waals surface area contributed by atoms with Crippen molar-refractivity contribution in [3.63, 3.8) is 0 Å². The third kappa shape index (κ3) is 6.62. The van der Waals surface area contributed by atoms with Crippen molar-refractivity contribution in [3.05, 3.63) is 11.9 Å². The van der Waals surface area contributed by atoms with Gasteiger partial charge in [0.25, 0.3) is 0 Å². The topological polar surface area (TPSA) is 109 Å². The van der Waals surface area contributed by atoms with Gasteiger partial charge in [-0.05, 0) is 19.3 Å². The number of carbonyl (C=O) groups excluding carboxylic acids is 1. The molecule has 1 saturated heterocycles. The molecule has 1 amide bonds. The average molecular weight is 374 g/mol. The number of rotatable bonds is 9. The van der Waals surface area contributed by atoms with Gasteiger partial charge >= 0.3 is 5.97 Å². The first-order valence-electron chi connectivity index (χ1n) is 8.24. The van der Waals surface area contributed by atoms with Gasteiger partial charge in [-0.2, -0.15) is 0 Å². The van der Waals surface area contributed by atoms with Gasteiger partial charge in [-0.3, -0.25) is 14.3 Å². The summed E-state index contributed by atoms with van der Waals surface area (Å²) < 4.78 is 15.1. The molecule has 1 aliphatic rings. The fraction of sp³-hybridized carbons (Fsp3) is 0.733. The second kappa shape index (κ2) is 9.71. The molecular weight excluding hydrogens is 351 g/mol. The van der Waals surface area contributed by atoms with Gasteiger partial charge in [0.05, 0.1) is 24.1 Å². The first kappa shape index (κ1) is 19.6. The molecule has 0 aliphatic carbocycles. The van der Waals surface area contributed by atoms with E-state index in [2.05, 4.69) is 10.3 Å². The Labute approximate surface area is 149 Å². The molecule has 0 saturated carbocycles. The van der Waals surface area contributed by atoms with E-state index in [4.69, 9.17) is 5.11 Å². The van der Waals surface area contributed by atoms with E-state index in [1.807, 2.05) is 0 Å². The molecule has 0 spiro atoms. The molecule has 140 valence electrons. The van der Waals surface area contributed by atoms with Crippen LogP contribution in [0.3, 0.4) is 0 Å². The number of carboxylic acids is 1. The summed E-state index contributed by atoms with van der Waals surface area (Å²) in [5.74, 6) is -0.187. The number of carboxylic acid groups (broad SMARTS) is 1. The van der Waals surface area contributed by atoms with Crippen LogP contribution >= 0.6 is 11.8 Å². The van der Waals surface area contributed by atoms with Crippen molar-refractivity contribution in [1.82, 2.24) is 19.9 Å². The summed E-state index contributed by atoms with van der Waals surface area (Å²) in [5, 5.41) is 25.9. The van der Waals surface area contributed by atoms with Crippen molar-refractivity contribution < 1.29 is 24.2 Å². The van der Waals surface area contributed by atoms with Crippen LogP contribution in [-0.2, 0) is 21.9 Å². The van der Waals surface area contributed by atoms with Gasteiger partial charge in [-0.15, -0.1) is 16.9 Å². The van der Waals surface area contributed by atoms with E-state index >= 15 is 0 Å². The van der Waals surface area contributed by atoms with Gasteiger partial charge in [0.2, 0.25) is 5.91 Å². The monoisotopic (exact) mass is 374 g/mol. The summed E-state index contributed by atoms with van der Waals surface area (Å²) >= 11 is 1.39. The first-order chi connectivity index (χ1) is 12.0. The van der Waals surface area contributed by atoms with Crippen molar-refractivity contribution >= 4 is 23.6 Å². The number of aromatic nitrogens is 3. The molecule has 0 bridgehead atoms. The Hall–Kier alpha value is -1.68. The number of hydrogen-bond acceptors (Lipinski definition) is 6. The lowest BCUT2D eigenvalue weighted by molar-refractivity contribution is -0.137. The van der Waals surface area contributed by atoms with Gasteiger partial charge in [-0.25, -0.2) is 4.39 Å². The number of likely N-dealkylation sites (tertiary alicyclic amines) is 1. The quantitative estimate of drug-likeness (QED) is 0.612. The minimum atomic E-state index is -1.37. The molecule has 0 radical (unpaired) electrons. The highest BCUT2D eigenvalue weighted by atomic mass is 32.2. The lowest BCUT2D eigenvalue weighted by atomic mass is 10.1. The van der Waals surface area contributed by atoms with Crippen LogP contribution < -0.4 is 0 Å². The number of thioether (sulfide) groups is 1. The fourth-order valence-electron chi connectivity index (χ4n) is 2.52. The molecule has 8 nitrogen and oxygen atoms in total. The molecule has 2 rings (SSSR count). The summed E-state index contributed by atoms with van der Waals surface area (Å²) in [5.41, 5.74) is 0.744. The number of aryl methyl sites for hydroxylation is 1. The van der Waals surface area contributed by atoms with Crippen LogP contribution in [0.15, 0.2) is 6.20 Å². The molecule has 2 heterocycles. The van der Waals surface area contributed by atoms with E-state index in [0.717, 1.165) is 5.69 Å². The number of nitrogens with zero attached hydrogens (tertiary/aromatic N) is 4. The zero-order valence-electron chi connectivity index (χ0n) is 13.9. The Morgan fingerprint density at radius 2 is 2.20 bits per heavy atom. The van der Waals surface area contributed by atoms with Gasteiger partial charge in [-0.1, -0.05) is 5.21 Å². The minimum Gasteiger partial charge on any atom is -0.481 e. The Balaban J connectivity index is 1.64. The van der Waals surface area contributed by atoms with E-state index < -0.39 is 18.2 Å². The summed E-state index contributed by atoms with van der Waals surface area (Å²) in [6, 6.07) is 0. The standard InChI is InChI=1S/C15H23FN4O4S/c16-12-8-19(6-4-13(12)21)14(22)10-25-9-11-7-20(18-17-11)5-2-1-3-15(23)24/h7,12-13,21H,1-6,8-10H2,(H,23,24). The Bertz CT molecular complexity index is 586. The molecule has 25 heavy (non-hydrogen) atoms. The van der Waals surface area contributed by atoms with Crippen LogP contribution in [0.25, 0.3) is 0 Å². The zero-order chi connectivity index (χ0) is 18.2. The predicted octanol–water partition coefficient (Wildman–Crippen LogP) is 0.698. The predicted molar refractivity (Wildman–Crippen MR) is 89.8 cm³/mol. The van der Waals surface area contributed by atoms with Crippen LogP contribution in [0.2, 0.25) is 0 Å². The van der Waals surface area contributed by atoms with Crippen molar-refractivity contribution in [3.8, 4) is 0 Å². The average Bonchev–Trinajstić information content (AvgIpc) is 3.01. The molecule has 0 aromatic carbocycles. The molecule has 1 fully saturated rings. The van der Waals surface area contributed by atoms with E-state index in [1.165, 1.54) is 16.7 Å². The largest absolute Gasteiger partial charge is 0.481 e. The minimum absolute atomic E-state index is 0.0485. The van der Waals surface area contributed by atoms with Crippen molar-refractivity contribution in [1.29, 1.82) is 0 Å². The highest BCUT2D eigenvalue weighted by molar-refractivity contribution is 7.99. The van der Waals surface area contributed by atoms with Gasteiger partial charge in [0.15, 0.2) is 0 Å². The van der Waals surface area contributed by atoms with Crippen LogP contribution in [0.1, 0.15) is 31.4 Å². The normalized spacial score (nSPS) is 20.6. The number of halogens is 1. The number of aliphatic carboxylic acids is 1. The van der Waals surface area contributed by atoms with Crippen molar-refractivity contribution in [2.45, 2.75) is 50.3 Å². The molecule has 10 heteroatoms. The maximum Gasteiger partial charge on any atom is 0.303 e. The number of carbonyl (C=O) groups is 2. The van der Waals surface area contributed by atoms with Crippen LogP contribution in [-0.4, -0.2) is 73.1 Å². The van der Waals surface area contributed by atoms with Gasteiger partial charge < -0.3 is 15.1 Å². The molecular formula is C15H23FN4O4S. The van der Waals surface area contributed by atoms with E-state index in [1.54, 1.807) is 10.9 Å². The van der Waals surface area contributed by atoms with Gasteiger partial charge in [0.1, 0.15) is 6.17 Å². The second-order valence-electron chi connectivity index (χ2n) is 6.03. The Morgan fingerprint density at radius 3 is 2.92 bits per heavy atom. The molecule has 1 aliphatic heterocycles. The molecule has 1 aromatic heterocycles. The van der Waals surface area contributed by atoms with Crippen LogP contribution in [0, 0.1) is 0 Å². The smallest absolute Gasteiger partial charge is 0.303 e. The number of aliphatic hydroxyl groups is 1. The third-order valence-electron chi connectivity index (χ3n) is 3.95. The maximum absolute atomic E-state index is 13.4. The van der Waals surface area contributed by atoms with Crippen LogP contribution in [0.4, 0.5) is 4.39 Å². The molecule has 2 N–H and O–H groups in total. The number of amides is 1. The first-order valence-corrected chi connectivity index (χ1v) is 9.39. The highest BCUT2D eigenvalue weighted by Gasteiger charge is 2.29. The lowest BCUT2D eigenvalue weighted by Crippen LogP contribution is -2.47. The summed E-state index contributed by atoms with van der Waals surface area (Å²) in [4.78, 5) is 23.9. The van der Waals surface area contributed by atoms with Gasteiger partial charge in [0, 0.05) is 31.5 Å². The maximum atomic E-state index is 13.4. The molecule has 1 aromatic rings. The highest BCUT2D eigenvalue weighted by Crippen LogP contribution is 2.16. The lowest BCUT2D eigenvalue weighted by Gasteiger charge is -2.32. The SMILES string of the molecule is O=C(O)CCCCn1cc(CSCC(=O)N2CCC(O)C(F)C2)nn1. The number of piperidine rings is 1. The van der Waals surface area contributed by atoms with Crippen LogP contribution in [0.5, 0.6) is 0 Å². The Kier molecular flexibility index (Phi) is 7.63. The summed E-state index contributed by atoms with van der Waals surface area (Å²) in [6.45, 7) is 0.943. The summed E-state index contributed by atoms with van der Waals surface area (Å²) in [7, 11) is 0. The van der Waals surface area contributed by atoms with Crippen molar-refractivity contribution in [2.24, 2.45) is 0 Å². The second-order valence-corrected chi connectivity index (χ2v) is 7.01. The van der Waals surface area contributed by atoms with E-state index in [9.17, 15) is 19.1 Å². The number of alkyl halides is 1. The Morgan fingerprint density at radius 1 is 1.40 bits per heavy atom. The van der Waals surface area contributed by atoms with Crippen molar-refractivity contribution in [2.75, 3.05) is 18.8 Å². The number of aliphatic hydroxyl groups excluding tert-OH is 1. The number of unbranched alkanes of at least 4 members (excludes halogenated alkanes) is 1. The van der Waals surface area contributed by atoms with E-state index in [0.29, 0.717) is 31.7 Å². The van der Waals surface area contributed by atoms with E-state index in [-0.39, 0.29) is 31.0 Å². The third-order valence-corrected chi connectivity index (χ3v) is 4.90.